The summed E-state index contributed by atoms with van der Waals surface area (Å²) in [6.07, 6.45) is 2.43. The van der Waals surface area contributed by atoms with Gasteiger partial charge in [0.1, 0.15) is 0 Å². The summed E-state index contributed by atoms with van der Waals surface area (Å²) in [5, 5.41) is 4.62. The van der Waals surface area contributed by atoms with E-state index in [0.717, 1.165) is 5.02 Å². The molecule has 1 aliphatic rings. The topological polar surface area (TPSA) is 12.0 Å². The number of rotatable bonds is 4. The highest BCUT2D eigenvalue weighted by Crippen LogP contribution is 2.39. The summed E-state index contributed by atoms with van der Waals surface area (Å²) < 4.78 is 0. The van der Waals surface area contributed by atoms with Crippen LogP contribution in [0.4, 0.5) is 0 Å². The Labute approximate surface area is 136 Å². The summed E-state index contributed by atoms with van der Waals surface area (Å²) in [7, 11) is 0. The molecule has 3 heteroatoms. The zero-order chi connectivity index (χ0) is 15.0. The van der Waals surface area contributed by atoms with E-state index in [9.17, 15) is 0 Å². The molecule has 0 spiro atoms. The molecule has 1 heterocycles. The fourth-order valence-corrected chi connectivity index (χ4v) is 4.53. The van der Waals surface area contributed by atoms with Crippen LogP contribution in [0.15, 0.2) is 30.3 Å². The Hall–Kier alpha value is -0.830. The summed E-state index contributed by atoms with van der Waals surface area (Å²) in [5.41, 5.74) is 2.85. The molecule has 1 unspecified atom stereocenters. The number of thiophene rings is 1. The van der Waals surface area contributed by atoms with Gasteiger partial charge in [-0.15, -0.1) is 11.3 Å². The minimum absolute atomic E-state index is 0.445. The number of aryl methyl sites for hydroxylation is 2. The molecule has 3 rings (SSSR count). The van der Waals surface area contributed by atoms with Crippen LogP contribution in [0.25, 0.3) is 0 Å². The molecule has 1 atom stereocenters. The van der Waals surface area contributed by atoms with Gasteiger partial charge in [0.25, 0.3) is 0 Å². The van der Waals surface area contributed by atoms with Crippen LogP contribution in [0.5, 0.6) is 0 Å². The molecule has 112 valence electrons. The normalized spacial score (nSPS) is 22.9. The molecule has 0 saturated heterocycles. The van der Waals surface area contributed by atoms with Crippen LogP contribution in [-0.2, 0) is 0 Å². The van der Waals surface area contributed by atoms with Crippen LogP contribution in [0.1, 0.15) is 52.6 Å². The highest BCUT2D eigenvalue weighted by Gasteiger charge is 2.31. The summed E-state index contributed by atoms with van der Waals surface area (Å²) in [6.45, 7) is 6.69. The van der Waals surface area contributed by atoms with Crippen LogP contribution >= 0.6 is 22.9 Å². The molecule has 0 amide bonds. The maximum absolute atomic E-state index is 6.08. The van der Waals surface area contributed by atoms with Crippen LogP contribution in [0.2, 0.25) is 5.02 Å². The van der Waals surface area contributed by atoms with Crippen molar-refractivity contribution in [2.24, 2.45) is 0 Å². The van der Waals surface area contributed by atoms with E-state index in [-0.39, 0.29) is 0 Å². The number of benzene rings is 1. The first-order valence-electron chi connectivity index (χ1n) is 7.61. The lowest BCUT2D eigenvalue weighted by Gasteiger charge is -2.38. The van der Waals surface area contributed by atoms with E-state index in [1.165, 1.54) is 33.7 Å². The highest BCUT2D eigenvalue weighted by atomic mass is 35.5. The molecule has 2 aromatic rings. The van der Waals surface area contributed by atoms with Crippen molar-refractivity contribution in [1.82, 2.24) is 5.32 Å². The quantitative estimate of drug-likeness (QED) is 0.771. The fraction of sp³-hybridized carbons (Fsp3) is 0.444. The van der Waals surface area contributed by atoms with Crippen molar-refractivity contribution in [1.29, 1.82) is 0 Å². The van der Waals surface area contributed by atoms with Crippen molar-refractivity contribution >= 4 is 22.9 Å². The monoisotopic (exact) mass is 319 g/mol. The minimum Gasteiger partial charge on any atom is -0.307 e. The van der Waals surface area contributed by atoms with Crippen LogP contribution in [0.3, 0.4) is 0 Å². The first-order valence-corrected chi connectivity index (χ1v) is 8.81. The molecular formula is C18H22ClNS. The molecule has 1 aliphatic carbocycles. The standard InChI is InChI=1S/C18H22ClNS/c1-11-7-18(13(3)21-11)12(2)20-17-9-15(10-17)14-5-4-6-16(19)8-14/h4-8,12,15,17,20H,9-10H2,1-3H3. The van der Waals surface area contributed by atoms with Gasteiger partial charge in [0.05, 0.1) is 0 Å². The van der Waals surface area contributed by atoms with Crippen LogP contribution in [0, 0.1) is 13.8 Å². The van der Waals surface area contributed by atoms with E-state index in [4.69, 9.17) is 11.6 Å². The van der Waals surface area contributed by atoms with Gasteiger partial charge < -0.3 is 5.32 Å². The Morgan fingerprint density at radius 2 is 2.00 bits per heavy atom. The van der Waals surface area contributed by atoms with Crippen LogP contribution < -0.4 is 5.32 Å². The molecule has 1 aromatic carbocycles. The van der Waals surface area contributed by atoms with Gasteiger partial charge in [-0.3, -0.25) is 0 Å². The van der Waals surface area contributed by atoms with Crippen molar-refractivity contribution < 1.29 is 0 Å². The average Bonchev–Trinajstić information content (AvgIpc) is 2.72. The number of nitrogens with one attached hydrogen (secondary N) is 1. The molecular weight excluding hydrogens is 298 g/mol. The molecule has 0 aliphatic heterocycles. The van der Waals surface area contributed by atoms with Crippen molar-refractivity contribution in [2.45, 2.75) is 51.6 Å². The van der Waals surface area contributed by atoms with Gasteiger partial charge in [-0.25, -0.2) is 0 Å². The zero-order valence-electron chi connectivity index (χ0n) is 12.8. The molecule has 1 nitrogen and oxygen atoms in total. The fourth-order valence-electron chi connectivity index (χ4n) is 3.31. The van der Waals surface area contributed by atoms with Crippen molar-refractivity contribution in [3.05, 3.63) is 56.2 Å². The van der Waals surface area contributed by atoms with Crippen molar-refractivity contribution in [3.63, 3.8) is 0 Å². The van der Waals surface area contributed by atoms with Gasteiger partial charge >= 0.3 is 0 Å². The molecule has 21 heavy (non-hydrogen) atoms. The van der Waals surface area contributed by atoms with E-state index in [1.54, 1.807) is 0 Å². The van der Waals surface area contributed by atoms with Gasteiger partial charge in [0.15, 0.2) is 0 Å². The maximum Gasteiger partial charge on any atom is 0.0408 e. The van der Waals surface area contributed by atoms with Gasteiger partial charge in [-0.1, -0.05) is 23.7 Å². The predicted octanol–water partition coefficient (Wildman–Crippen LogP) is 5.62. The van der Waals surface area contributed by atoms with E-state index >= 15 is 0 Å². The Balaban J connectivity index is 1.56. The van der Waals surface area contributed by atoms with Gasteiger partial charge in [0.2, 0.25) is 0 Å². The van der Waals surface area contributed by atoms with Crippen molar-refractivity contribution in [2.75, 3.05) is 0 Å². The second-order valence-corrected chi connectivity index (χ2v) is 8.07. The van der Waals surface area contributed by atoms with E-state index in [1.807, 2.05) is 17.4 Å². The SMILES string of the molecule is Cc1cc(C(C)NC2CC(c3cccc(Cl)c3)C2)c(C)s1. The lowest BCUT2D eigenvalue weighted by molar-refractivity contribution is 0.271. The van der Waals surface area contributed by atoms with Gasteiger partial charge in [-0.05, 0) is 68.9 Å². The highest BCUT2D eigenvalue weighted by molar-refractivity contribution is 7.12. The summed E-state index contributed by atoms with van der Waals surface area (Å²) in [4.78, 5) is 2.85. The third kappa shape index (κ3) is 3.33. The third-order valence-electron chi connectivity index (χ3n) is 4.49. The Morgan fingerprint density at radius 1 is 1.24 bits per heavy atom. The Kier molecular flexibility index (Phi) is 4.39. The number of halogens is 1. The molecule has 1 saturated carbocycles. The largest absolute Gasteiger partial charge is 0.307 e. The lowest BCUT2D eigenvalue weighted by atomic mass is 9.75. The summed E-state index contributed by atoms with van der Waals surface area (Å²) in [6, 6.07) is 11.7. The van der Waals surface area contributed by atoms with E-state index in [2.05, 4.69) is 50.4 Å². The molecule has 0 bridgehead atoms. The van der Waals surface area contributed by atoms with E-state index in [0.29, 0.717) is 18.0 Å². The first kappa shape index (κ1) is 15.1. The smallest absolute Gasteiger partial charge is 0.0408 e. The van der Waals surface area contributed by atoms with E-state index < -0.39 is 0 Å². The minimum atomic E-state index is 0.445. The maximum atomic E-state index is 6.08. The second-order valence-electron chi connectivity index (χ2n) is 6.18. The first-order chi connectivity index (χ1) is 10.0. The summed E-state index contributed by atoms with van der Waals surface area (Å²) in [5.74, 6) is 0.665. The van der Waals surface area contributed by atoms with Crippen LogP contribution in [-0.4, -0.2) is 6.04 Å². The molecule has 1 N–H and O–H groups in total. The van der Waals surface area contributed by atoms with Crippen molar-refractivity contribution in [3.8, 4) is 0 Å². The number of hydrogen-bond acceptors (Lipinski definition) is 2. The molecule has 1 aromatic heterocycles. The third-order valence-corrected chi connectivity index (χ3v) is 5.71. The zero-order valence-corrected chi connectivity index (χ0v) is 14.4. The molecule has 1 fully saturated rings. The molecule has 0 radical (unpaired) electrons. The second kappa shape index (κ2) is 6.12. The van der Waals surface area contributed by atoms with Gasteiger partial charge in [0, 0.05) is 26.9 Å². The average molecular weight is 320 g/mol. The lowest BCUT2D eigenvalue weighted by Crippen LogP contribution is -2.41. The number of hydrogen-bond donors (Lipinski definition) is 1. The van der Waals surface area contributed by atoms with Gasteiger partial charge in [-0.2, -0.15) is 0 Å². The Bertz CT molecular complexity index is 628. The predicted molar refractivity (Wildman–Crippen MR) is 92.6 cm³/mol. The Morgan fingerprint density at radius 3 is 2.62 bits per heavy atom. The summed E-state index contributed by atoms with van der Waals surface area (Å²) >= 11 is 7.97.